The minimum atomic E-state index is -0.343. The van der Waals surface area contributed by atoms with Crippen molar-refractivity contribution in [1.29, 1.82) is 0 Å². The third-order valence-corrected chi connectivity index (χ3v) is 7.96. The van der Waals surface area contributed by atoms with Gasteiger partial charge in [-0.15, -0.1) is 0 Å². The van der Waals surface area contributed by atoms with Crippen molar-refractivity contribution in [2.75, 3.05) is 18.8 Å². The first-order chi connectivity index (χ1) is 13.1. The SMILES string of the molecule is Nc1cccc(CC(NC2C3CC4CC2CC(O)(C4)C3)C2CCCNC2)c1. The molecule has 27 heavy (non-hydrogen) atoms. The number of piperidine rings is 1. The first-order valence-corrected chi connectivity index (χ1v) is 11.1. The molecule has 1 heterocycles. The number of hydrogen-bond acceptors (Lipinski definition) is 4. The fourth-order valence-corrected chi connectivity index (χ4v) is 7.06. The zero-order chi connectivity index (χ0) is 18.4. The van der Waals surface area contributed by atoms with Crippen molar-refractivity contribution in [2.24, 2.45) is 23.7 Å². The summed E-state index contributed by atoms with van der Waals surface area (Å²) in [5.41, 5.74) is 7.92. The van der Waals surface area contributed by atoms with Crippen molar-refractivity contribution < 1.29 is 5.11 Å². The van der Waals surface area contributed by atoms with Gasteiger partial charge in [0.05, 0.1) is 5.60 Å². The van der Waals surface area contributed by atoms with Crippen molar-refractivity contribution in [1.82, 2.24) is 10.6 Å². The molecule has 4 bridgehead atoms. The van der Waals surface area contributed by atoms with Crippen molar-refractivity contribution in [3.05, 3.63) is 29.8 Å². The van der Waals surface area contributed by atoms with E-state index >= 15 is 0 Å². The number of benzene rings is 1. The van der Waals surface area contributed by atoms with Gasteiger partial charge >= 0.3 is 0 Å². The molecule has 5 fully saturated rings. The van der Waals surface area contributed by atoms with Crippen LogP contribution in [0.25, 0.3) is 0 Å². The van der Waals surface area contributed by atoms with E-state index in [1.54, 1.807) is 0 Å². The molecule has 4 atom stereocenters. The van der Waals surface area contributed by atoms with Gasteiger partial charge in [-0.1, -0.05) is 12.1 Å². The van der Waals surface area contributed by atoms with Crippen LogP contribution in [0.15, 0.2) is 24.3 Å². The molecule has 148 valence electrons. The Morgan fingerprint density at radius 3 is 2.70 bits per heavy atom. The lowest BCUT2D eigenvalue weighted by Gasteiger charge is -2.59. The second kappa shape index (κ2) is 7.06. The van der Waals surface area contributed by atoms with E-state index in [0.29, 0.717) is 29.8 Å². The van der Waals surface area contributed by atoms with Crippen LogP contribution in [0.3, 0.4) is 0 Å². The Kier molecular flexibility index (Phi) is 4.69. The topological polar surface area (TPSA) is 70.3 Å². The third kappa shape index (κ3) is 3.64. The van der Waals surface area contributed by atoms with Crippen molar-refractivity contribution >= 4 is 5.69 Å². The van der Waals surface area contributed by atoms with Crippen LogP contribution in [0.1, 0.15) is 50.5 Å². The van der Waals surface area contributed by atoms with E-state index in [9.17, 15) is 5.11 Å². The van der Waals surface area contributed by atoms with Gasteiger partial charge in [-0.3, -0.25) is 0 Å². The van der Waals surface area contributed by atoms with Crippen molar-refractivity contribution in [2.45, 2.75) is 69.1 Å². The van der Waals surface area contributed by atoms with Crippen LogP contribution in [0.5, 0.6) is 0 Å². The lowest BCUT2D eigenvalue weighted by Crippen LogP contribution is -2.63. The molecule has 0 aromatic heterocycles. The van der Waals surface area contributed by atoms with E-state index in [1.807, 2.05) is 6.07 Å². The average Bonchev–Trinajstić information content (AvgIpc) is 2.63. The first-order valence-electron chi connectivity index (χ1n) is 11.1. The Balaban J connectivity index is 1.34. The van der Waals surface area contributed by atoms with Gasteiger partial charge in [0.2, 0.25) is 0 Å². The number of aliphatic hydroxyl groups is 1. The predicted octanol–water partition coefficient (Wildman–Crippen LogP) is 2.71. The molecule has 6 rings (SSSR count). The molecule has 1 aromatic rings. The number of nitrogens with two attached hydrogens (primary N) is 1. The van der Waals surface area contributed by atoms with Gasteiger partial charge in [-0.25, -0.2) is 0 Å². The number of nitrogens with one attached hydrogen (secondary N) is 2. The molecule has 5 aliphatic rings. The fraction of sp³-hybridized carbons (Fsp3) is 0.739. The minimum absolute atomic E-state index is 0.343. The summed E-state index contributed by atoms with van der Waals surface area (Å²) in [5, 5.41) is 18.7. The molecule has 4 nitrogen and oxygen atoms in total. The molecule has 4 heteroatoms. The fourth-order valence-electron chi connectivity index (χ4n) is 7.06. The lowest BCUT2D eigenvalue weighted by atomic mass is 9.52. The molecule has 1 saturated heterocycles. The summed E-state index contributed by atoms with van der Waals surface area (Å²) in [7, 11) is 0. The van der Waals surface area contributed by atoms with Gasteiger partial charge in [0, 0.05) is 17.8 Å². The van der Waals surface area contributed by atoms with Crippen LogP contribution in [0.2, 0.25) is 0 Å². The average molecular weight is 370 g/mol. The molecule has 4 unspecified atom stereocenters. The van der Waals surface area contributed by atoms with Gasteiger partial charge in [0.1, 0.15) is 0 Å². The van der Waals surface area contributed by atoms with Crippen LogP contribution in [0, 0.1) is 23.7 Å². The Bertz CT molecular complexity index is 655. The minimum Gasteiger partial charge on any atom is -0.399 e. The van der Waals surface area contributed by atoms with Gasteiger partial charge in [0.25, 0.3) is 0 Å². The molecule has 0 amide bonds. The van der Waals surface area contributed by atoms with Gasteiger partial charge < -0.3 is 21.5 Å². The normalized spacial score (nSPS) is 41.6. The first kappa shape index (κ1) is 18.0. The molecule has 4 aliphatic carbocycles. The largest absolute Gasteiger partial charge is 0.399 e. The van der Waals surface area contributed by atoms with Crippen molar-refractivity contribution in [3.8, 4) is 0 Å². The Morgan fingerprint density at radius 2 is 2.04 bits per heavy atom. The highest BCUT2D eigenvalue weighted by Gasteiger charge is 2.55. The standard InChI is InChI=1S/C23H35N3O/c24-20-5-1-3-15(9-20)10-21(17-4-2-6-25-14-17)26-22-18-7-16-8-19(22)13-23(27,11-16)12-18/h1,3,5,9,16-19,21-22,25-27H,2,4,6-8,10-14,24H2. The second-order valence-corrected chi connectivity index (χ2v) is 10.0. The van der Waals surface area contributed by atoms with E-state index in [4.69, 9.17) is 5.73 Å². The zero-order valence-corrected chi connectivity index (χ0v) is 16.4. The Hall–Kier alpha value is -1.10. The molecule has 1 aliphatic heterocycles. The Morgan fingerprint density at radius 1 is 1.22 bits per heavy atom. The summed E-state index contributed by atoms with van der Waals surface area (Å²) in [6.45, 7) is 2.28. The van der Waals surface area contributed by atoms with E-state index in [0.717, 1.165) is 50.4 Å². The van der Waals surface area contributed by atoms with Crippen LogP contribution >= 0.6 is 0 Å². The maximum Gasteiger partial charge on any atom is 0.0657 e. The van der Waals surface area contributed by atoms with Crippen molar-refractivity contribution in [3.63, 3.8) is 0 Å². The molecule has 1 aromatic carbocycles. The Labute approximate surface area is 163 Å². The highest BCUT2D eigenvalue weighted by molar-refractivity contribution is 5.40. The number of anilines is 1. The number of nitrogen functional groups attached to an aromatic ring is 1. The third-order valence-electron chi connectivity index (χ3n) is 7.96. The maximum absolute atomic E-state index is 10.9. The van der Waals surface area contributed by atoms with E-state index in [-0.39, 0.29) is 5.60 Å². The van der Waals surface area contributed by atoms with Crippen LogP contribution in [-0.4, -0.2) is 35.9 Å². The predicted molar refractivity (Wildman–Crippen MR) is 109 cm³/mol. The summed E-state index contributed by atoms with van der Waals surface area (Å²) in [6.07, 6.45) is 9.39. The van der Waals surface area contributed by atoms with E-state index in [1.165, 1.54) is 31.2 Å². The summed E-state index contributed by atoms with van der Waals surface area (Å²) >= 11 is 0. The zero-order valence-electron chi connectivity index (χ0n) is 16.4. The summed E-state index contributed by atoms with van der Waals surface area (Å²) < 4.78 is 0. The molecule has 0 radical (unpaired) electrons. The monoisotopic (exact) mass is 369 g/mol. The molecular weight excluding hydrogens is 334 g/mol. The van der Waals surface area contributed by atoms with E-state index in [2.05, 4.69) is 28.8 Å². The van der Waals surface area contributed by atoms with Crippen LogP contribution < -0.4 is 16.4 Å². The highest BCUT2D eigenvalue weighted by Crippen LogP contribution is 2.55. The maximum atomic E-state index is 10.9. The van der Waals surface area contributed by atoms with Gasteiger partial charge in [-0.2, -0.15) is 0 Å². The van der Waals surface area contributed by atoms with Crippen LogP contribution in [-0.2, 0) is 6.42 Å². The van der Waals surface area contributed by atoms with Gasteiger partial charge in [-0.05, 0) is 106 Å². The molecular formula is C23H35N3O. The highest BCUT2D eigenvalue weighted by atomic mass is 16.3. The summed E-state index contributed by atoms with van der Waals surface area (Å²) in [6, 6.07) is 9.52. The van der Waals surface area contributed by atoms with Gasteiger partial charge in [0.15, 0.2) is 0 Å². The molecule has 5 N–H and O–H groups in total. The molecule has 0 spiro atoms. The van der Waals surface area contributed by atoms with Crippen LogP contribution in [0.4, 0.5) is 5.69 Å². The smallest absolute Gasteiger partial charge is 0.0657 e. The summed E-state index contributed by atoms with van der Waals surface area (Å²) in [4.78, 5) is 0. The lowest BCUT2D eigenvalue weighted by molar-refractivity contribution is -0.140. The molecule has 4 saturated carbocycles. The quantitative estimate of drug-likeness (QED) is 0.603. The number of hydrogen-bond donors (Lipinski definition) is 4. The number of rotatable bonds is 5. The second-order valence-electron chi connectivity index (χ2n) is 10.0. The van der Waals surface area contributed by atoms with E-state index < -0.39 is 0 Å². The summed E-state index contributed by atoms with van der Waals surface area (Å²) in [5.74, 6) is 2.79.